The van der Waals surface area contributed by atoms with Gasteiger partial charge in [-0.15, -0.1) is 11.3 Å². The van der Waals surface area contributed by atoms with E-state index in [2.05, 4.69) is 5.32 Å². The van der Waals surface area contributed by atoms with Crippen molar-refractivity contribution in [3.63, 3.8) is 0 Å². The van der Waals surface area contributed by atoms with Crippen LogP contribution in [-0.4, -0.2) is 18.5 Å². The number of nitrogens with zero attached hydrogens (tertiary/aromatic N) is 1. The van der Waals surface area contributed by atoms with Crippen LogP contribution in [0, 0.1) is 11.3 Å². The van der Waals surface area contributed by atoms with Crippen LogP contribution in [0.3, 0.4) is 0 Å². The molecule has 0 saturated carbocycles. The Bertz CT molecular complexity index is 1510. The number of carbonyl (C=O) groups excluding carboxylic acids is 2. The number of hydrogen-bond donors (Lipinski definition) is 1. The molecule has 0 aliphatic rings. The van der Waals surface area contributed by atoms with E-state index < -0.39 is 11.9 Å². The Morgan fingerprint density at radius 1 is 1.03 bits per heavy atom. The van der Waals surface area contributed by atoms with Crippen molar-refractivity contribution in [3.8, 4) is 22.9 Å². The lowest BCUT2D eigenvalue weighted by Crippen LogP contribution is -2.16. The summed E-state index contributed by atoms with van der Waals surface area (Å²) < 4.78 is 11.2. The van der Waals surface area contributed by atoms with Gasteiger partial charge in [-0.1, -0.05) is 72.3 Å². The number of amides is 1. The minimum absolute atomic E-state index is 0.142. The minimum atomic E-state index is -0.652. The largest absolute Gasteiger partial charge is 0.488 e. The van der Waals surface area contributed by atoms with E-state index in [4.69, 9.17) is 21.1 Å². The number of nitriles is 1. The quantitative estimate of drug-likeness (QED) is 0.135. The minimum Gasteiger partial charge on any atom is -0.488 e. The maximum atomic E-state index is 13.2. The second kappa shape index (κ2) is 12.7. The van der Waals surface area contributed by atoms with Gasteiger partial charge in [0.05, 0.1) is 6.61 Å². The van der Waals surface area contributed by atoms with Crippen LogP contribution in [0.5, 0.6) is 5.75 Å². The van der Waals surface area contributed by atoms with Crippen LogP contribution < -0.4 is 10.1 Å². The highest BCUT2D eigenvalue weighted by Crippen LogP contribution is 2.37. The van der Waals surface area contributed by atoms with E-state index in [-0.39, 0.29) is 22.7 Å². The van der Waals surface area contributed by atoms with Gasteiger partial charge in [0.15, 0.2) is 0 Å². The molecule has 0 radical (unpaired) electrons. The maximum Gasteiger partial charge on any atom is 0.341 e. The fourth-order valence-corrected chi connectivity index (χ4v) is 4.72. The first-order valence-electron chi connectivity index (χ1n) is 11.7. The van der Waals surface area contributed by atoms with E-state index >= 15 is 0 Å². The third kappa shape index (κ3) is 6.48. The highest BCUT2D eigenvalue weighted by Gasteiger charge is 2.24. The number of nitrogens with one attached hydrogen (secondary N) is 1. The first kappa shape index (κ1) is 26.7. The zero-order valence-electron chi connectivity index (χ0n) is 20.4. The van der Waals surface area contributed by atoms with Gasteiger partial charge in [0.2, 0.25) is 0 Å². The summed E-state index contributed by atoms with van der Waals surface area (Å²) >= 11 is 7.19. The standard InChI is InChI=1S/C30H23ClN2O4S/c1-2-36-30(35)27-25(21-12-14-24(31)15-13-21)19-38-29(27)33-28(34)23(17-32)16-22-10-6-7-11-26(22)37-18-20-8-4-3-5-9-20/h3-16,19H,2,18H2,1H3,(H,33,34)/b23-16-. The molecule has 0 fully saturated rings. The number of esters is 1. The molecule has 190 valence electrons. The molecule has 0 aliphatic heterocycles. The van der Waals surface area contributed by atoms with Crippen molar-refractivity contribution in [1.82, 2.24) is 0 Å². The van der Waals surface area contributed by atoms with Crippen LogP contribution in [0.15, 0.2) is 89.8 Å². The van der Waals surface area contributed by atoms with E-state index in [1.165, 1.54) is 17.4 Å². The third-order valence-electron chi connectivity index (χ3n) is 5.47. The Morgan fingerprint density at radius 3 is 2.45 bits per heavy atom. The number of anilines is 1. The van der Waals surface area contributed by atoms with Crippen molar-refractivity contribution in [2.45, 2.75) is 13.5 Å². The molecule has 3 aromatic carbocycles. The highest BCUT2D eigenvalue weighted by molar-refractivity contribution is 7.15. The normalized spacial score (nSPS) is 10.9. The Morgan fingerprint density at radius 2 is 1.74 bits per heavy atom. The van der Waals surface area contributed by atoms with E-state index in [9.17, 15) is 14.9 Å². The molecule has 0 unspecified atom stereocenters. The number of rotatable bonds is 9. The fraction of sp³-hybridized carbons (Fsp3) is 0.100. The van der Waals surface area contributed by atoms with Gasteiger partial charge in [-0.3, -0.25) is 4.79 Å². The molecule has 0 saturated heterocycles. The molecule has 1 amide bonds. The van der Waals surface area contributed by atoms with Gasteiger partial charge in [0.1, 0.15) is 34.6 Å². The van der Waals surface area contributed by atoms with Crippen molar-refractivity contribution in [3.05, 3.63) is 112 Å². The molecule has 0 atom stereocenters. The molecule has 38 heavy (non-hydrogen) atoms. The summed E-state index contributed by atoms with van der Waals surface area (Å²) in [5, 5.41) is 15.1. The second-order valence-electron chi connectivity index (χ2n) is 8.02. The monoisotopic (exact) mass is 542 g/mol. The van der Waals surface area contributed by atoms with E-state index in [1.54, 1.807) is 54.8 Å². The average Bonchev–Trinajstić information content (AvgIpc) is 3.35. The molecule has 0 bridgehead atoms. The van der Waals surface area contributed by atoms with E-state index in [0.717, 1.165) is 11.1 Å². The van der Waals surface area contributed by atoms with Crippen molar-refractivity contribution >= 4 is 45.9 Å². The van der Waals surface area contributed by atoms with Crippen LogP contribution >= 0.6 is 22.9 Å². The first-order valence-corrected chi connectivity index (χ1v) is 13.0. The summed E-state index contributed by atoms with van der Waals surface area (Å²) in [5.41, 5.74) is 2.99. The fourth-order valence-electron chi connectivity index (χ4n) is 3.64. The molecule has 4 aromatic rings. The van der Waals surface area contributed by atoms with Gasteiger partial charge in [0, 0.05) is 21.5 Å². The van der Waals surface area contributed by atoms with E-state index in [0.29, 0.717) is 28.5 Å². The second-order valence-corrected chi connectivity index (χ2v) is 9.33. The summed E-state index contributed by atoms with van der Waals surface area (Å²) in [5.74, 6) is -0.693. The molecule has 1 heterocycles. The Balaban J connectivity index is 1.60. The summed E-state index contributed by atoms with van der Waals surface area (Å²) in [7, 11) is 0. The van der Waals surface area contributed by atoms with Gasteiger partial charge in [-0.05, 0) is 42.3 Å². The lowest BCUT2D eigenvalue weighted by atomic mass is 10.0. The predicted molar refractivity (Wildman–Crippen MR) is 150 cm³/mol. The molecule has 0 aliphatic carbocycles. The molecule has 1 aromatic heterocycles. The molecular weight excluding hydrogens is 520 g/mol. The van der Waals surface area contributed by atoms with Crippen molar-refractivity contribution < 1.29 is 19.1 Å². The summed E-state index contributed by atoms with van der Waals surface area (Å²) in [6, 6.07) is 25.8. The smallest absolute Gasteiger partial charge is 0.341 e. The Labute approximate surface area is 229 Å². The SMILES string of the molecule is CCOC(=O)c1c(-c2ccc(Cl)cc2)csc1NC(=O)/C(C#N)=C\c1ccccc1OCc1ccccc1. The van der Waals surface area contributed by atoms with Crippen LogP contribution in [0.4, 0.5) is 5.00 Å². The topological polar surface area (TPSA) is 88.4 Å². The third-order valence-corrected chi connectivity index (χ3v) is 6.62. The molecule has 0 spiro atoms. The Hall–Kier alpha value is -4.38. The summed E-state index contributed by atoms with van der Waals surface area (Å²) in [6.45, 7) is 2.22. The number of halogens is 1. The van der Waals surface area contributed by atoms with Gasteiger partial charge in [-0.2, -0.15) is 5.26 Å². The Kier molecular flexibility index (Phi) is 8.94. The number of benzene rings is 3. The highest BCUT2D eigenvalue weighted by atomic mass is 35.5. The number of hydrogen-bond acceptors (Lipinski definition) is 6. The first-order chi connectivity index (χ1) is 18.5. The van der Waals surface area contributed by atoms with Gasteiger partial charge in [0.25, 0.3) is 5.91 Å². The summed E-state index contributed by atoms with van der Waals surface area (Å²) in [6.07, 6.45) is 1.47. The van der Waals surface area contributed by atoms with Crippen LogP contribution in [0.1, 0.15) is 28.4 Å². The predicted octanol–water partition coefficient (Wildman–Crippen LogP) is 7.37. The van der Waals surface area contributed by atoms with Crippen LogP contribution in [0.2, 0.25) is 5.02 Å². The number of thiophene rings is 1. The zero-order chi connectivity index (χ0) is 26.9. The van der Waals surface area contributed by atoms with Crippen molar-refractivity contribution in [2.24, 2.45) is 0 Å². The van der Waals surface area contributed by atoms with Crippen LogP contribution in [-0.2, 0) is 16.1 Å². The number of para-hydroxylation sites is 1. The maximum absolute atomic E-state index is 13.2. The molecule has 6 nitrogen and oxygen atoms in total. The lowest BCUT2D eigenvalue weighted by molar-refractivity contribution is -0.112. The number of ether oxygens (including phenoxy) is 2. The molecular formula is C30H23ClN2O4S. The van der Waals surface area contributed by atoms with Crippen LogP contribution in [0.25, 0.3) is 17.2 Å². The summed E-state index contributed by atoms with van der Waals surface area (Å²) in [4.78, 5) is 26.0. The van der Waals surface area contributed by atoms with Gasteiger partial charge < -0.3 is 14.8 Å². The molecule has 4 rings (SSSR count). The number of carbonyl (C=O) groups is 2. The van der Waals surface area contributed by atoms with Crippen molar-refractivity contribution in [1.29, 1.82) is 5.26 Å². The van der Waals surface area contributed by atoms with Gasteiger partial charge >= 0.3 is 5.97 Å². The average molecular weight is 543 g/mol. The van der Waals surface area contributed by atoms with Gasteiger partial charge in [-0.25, -0.2) is 4.79 Å². The van der Waals surface area contributed by atoms with E-state index in [1.807, 2.05) is 42.5 Å². The zero-order valence-corrected chi connectivity index (χ0v) is 22.0. The lowest BCUT2D eigenvalue weighted by Gasteiger charge is -2.10. The molecule has 1 N–H and O–H groups in total. The van der Waals surface area contributed by atoms with Crippen molar-refractivity contribution in [2.75, 3.05) is 11.9 Å². The molecule has 8 heteroatoms.